The summed E-state index contributed by atoms with van der Waals surface area (Å²) in [4.78, 5) is 15.5. The Labute approximate surface area is 189 Å². The number of nitro benzene ring substituents is 1. The second-order valence-electron chi connectivity index (χ2n) is 7.66. The van der Waals surface area contributed by atoms with Crippen molar-refractivity contribution in [3.05, 3.63) is 99.9 Å². The maximum absolute atomic E-state index is 11.1. The number of hydrogen-bond acceptors (Lipinski definition) is 6. The molecule has 0 spiro atoms. The number of nitrogens with one attached hydrogen (secondary N) is 1. The summed E-state index contributed by atoms with van der Waals surface area (Å²) in [7, 11) is 0. The maximum atomic E-state index is 11.1. The summed E-state index contributed by atoms with van der Waals surface area (Å²) in [6.45, 7) is 3.80. The summed E-state index contributed by atoms with van der Waals surface area (Å²) in [5.74, 6) is 0. The zero-order chi connectivity index (χ0) is 22.9. The van der Waals surface area contributed by atoms with Gasteiger partial charge in [-0.2, -0.15) is 10.2 Å². The van der Waals surface area contributed by atoms with Crippen LogP contribution in [0, 0.1) is 24.0 Å². The first-order valence-electron chi connectivity index (χ1n) is 10.4. The number of anilines is 1. The molecule has 1 N–H and O–H groups in total. The lowest BCUT2D eigenvalue weighted by Gasteiger charge is -2.10. The first kappa shape index (κ1) is 20.3. The van der Waals surface area contributed by atoms with E-state index in [-0.39, 0.29) is 5.69 Å². The molecule has 162 valence electrons. The van der Waals surface area contributed by atoms with Crippen LogP contribution in [0.4, 0.5) is 11.4 Å². The minimum absolute atomic E-state index is 0.0216. The highest BCUT2D eigenvalue weighted by molar-refractivity contribution is 6.07. The minimum Gasteiger partial charge on any atom is -0.277 e. The second-order valence-corrected chi connectivity index (χ2v) is 7.66. The fraction of sp³-hybridized carbons (Fsp3) is 0.0800. The van der Waals surface area contributed by atoms with Crippen molar-refractivity contribution < 1.29 is 4.92 Å². The van der Waals surface area contributed by atoms with Gasteiger partial charge in [-0.25, -0.2) is 9.67 Å². The predicted octanol–water partition coefficient (Wildman–Crippen LogP) is 5.54. The summed E-state index contributed by atoms with van der Waals surface area (Å²) in [6, 6.07) is 22.3. The number of nitro groups is 1. The standard InChI is InChI=1S/C25H20N6O2/c1-16-22(17(2)30(29-16)18-8-7-9-19(14-18)31(32)33)15-26-28-25-20-10-3-5-12-23(20)27-24-13-6-4-11-21(24)25/h3-15H,1-2H3,(H,27,28)/b26-15+. The van der Waals surface area contributed by atoms with Crippen LogP contribution >= 0.6 is 0 Å². The van der Waals surface area contributed by atoms with Crippen molar-refractivity contribution in [1.29, 1.82) is 0 Å². The molecule has 0 bridgehead atoms. The van der Waals surface area contributed by atoms with E-state index < -0.39 is 4.92 Å². The molecule has 2 heterocycles. The zero-order valence-corrected chi connectivity index (χ0v) is 18.1. The molecule has 0 atom stereocenters. The topological polar surface area (TPSA) is 98.2 Å². The summed E-state index contributed by atoms with van der Waals surface area (Å²) >= 11 is 0. The van der Waals surface area contributed by atoms with Crippen LogP contribution in [-0.4, -0.2) is 25.9 Å². The van der Waals surface area contributed by atoms with Gasteiger partial charge in [-0.1, -0.05) is 42.5 Å². The Morgan fingerprint density at radius 1 is 0.970 bits per heavy atom. The molecule has 0 radical (unpaired) electrons. The van der Waals surface area contributed by atoms with Gasteiger partial charge >= 0.3 is 0 Å². The van der Waals surface area contributed by atoms with E-state index in [2.05, 4.69) is 15.6 Å². The molecule has 5 rings (SSSR count). The van der Waals surface area contributed by atoms with Crippen molar-refractivity contribution in [1.82, 2.24) is 14.8 Å². The number of nitrogens with zero attached hydrogens (tertiary/aromatic N) is 5. The summed E-state index contributed by atoms with van der Waals surface area (Å²) in [5.41, 5.74) is 8.97. The Morgan fingerprint density at radius 3 is 2.30 bits per heavy atom. The molecule has 0 aliphatic carbocycles. The smallest absolute Gasteiger partial charge is 0.271 e. The molecule has 33 heavy (non-hydrogen) atoms. The van der Waals surface area contributed by atoms with Gasteiger partial charge in [-0.3, -0.25) is 15.5 Å². The SMILES string of the molecule is Cc1nn(-c2cccc([N+](=O)[O-])c2)c(C)c1/C=N/Nc1c2ccccc2nc2ccccc12. The lowest BCUT2D eigenvalue weighted by molar-refractivity contribution is -0.384. The van der Waals surface area contributed by atoms with Gasteiger partial charge in [0, 0.05) is 28.5 Å². The molecule has 8 nitrogen and oxygen atoms in total. The number of non-ortho nitro benzene ring substituents is 1. The van der Waals surface area contributed by atoms with Crippen LogP contribution in [0.25, 0.3) is 27.5 Å². The van der Waals surface area contributed by atoms with Gasteiger partial charge in [0.25, 0.3) is 5.69 Å². The number of fused-ring (bicyclic) bond motifs is 2. The van der Waals surface area contributed by atoms with Crippen LogP contribution in [-0.2, 0) is 0 Å². The van der Waals surface area contributed by atoms with E-state index in [1.807, 2.05) is 62.4 Å². The molecular weight excluding hydrogens is 416 g/mol. The van der Waals surface area contributed by atoms with Crippen molar-refractivity contribution in [2.45, 2.75) is 13.8 Å². The van der Waals surface area contributed by atoms with Gasteiger partial charge < -0.3 is 0 Å². The average molecular weight is 436 g/mol. The third kappa shape index (κ3) is 3.67. The first-order valence-corrected chi connectivity index (χ1v) is 10.4. The third-order valence-electron chi connectivity index (χ3n) is 5.59. The Bertz CT molecular complexity index is 1500. The number of para-hydroxylation sites is 2. The van der Waals surface area contributed by atoms with Gasteiger partial charge in [0.05, 0.1) is 44.9 Å². The molecule has 0 unspecified atom stereocenters. The normalized spacial score (nSPS) is 11.5. The Morgan fingerprint density at radius 2 is 1.64 bits per heavy atom. The first-order chi connectivity index (χ1) is 16.0. The van der Waals surface area contributed by atoms with Gasteiger partial charge in [0.15, 0.2) is 0 Å². The van der Waals surface area contributed by atoms with Crippen LogP contribution in [0.2, 0.25) is 0 Å². The maximum Gasteiger partial charge on any atom is 0.271 e. The van der Waals surface area contributed by atoms with Crippen molar-refractivity contribution >= 4 is 39.4 Å². The van der Waals surface area contributed by atoms with Crippen LogP contribution in [0.1, 0.15) is 17.0 Å². The number of benzene rings is 3. The minimum atomic E-state index is -0.412. The van der Waals surface area contributed by atoms with E-state index in [9.17, 15) is 10.1 Å². The molecule has 0 fully saturated rings. The van der Waals surface area contributed by atoms with Gasteiger partial charge in [0.2, 0.25) is 0 Å². The molecule has 0 saturated carbocycles. The quantitative estimate of drug-likeness (QED) is 0.169. The molecular formula is C25H20N6O2. The third-order valence-corrected chi connectivity index (χ3v) is 5.59. The van der Waals surface area contributed by atoms with Crippen LogP contribution in [0.15, 0.2) is 77.9 Å². The lowest BCUT2D eigenvalue weighted by Crippen LogP contribution is -2.01. The van der Waals surface area contributed by atoms with Crippen molar-refractivity contribution in [2.75, 3.05) is 5.43 Å². The molecule has 3 aromatic carbocycles. The average Bonchev–Trinajstić information content (AvgIpc) is 3.12. The van der Waals surface area contributed by atoms with Gasteiger partial charge in [0.1, 0.15) is 0 Å². The number of pyridine rings is 1. The fourth-order valence-corrected chi connectivity index (χ4v) is 3.95. The molecule has 5 aromatic rings. The van der Waals surface area contributed by atoms with Crippen LogP contribution in [0.5, 0.6) is 0 Å². The van der Waals surface area contributed by atoms with Gasteiger partial charge in [-0.15, -0.1) is 0 Å². The van der Waals surface area contributed by atoms with E-state index in [0.717, 1.165) is 44.4 Å². The zero-order valence-electron chi connectivity index (χ0n) is 18.1. The highest BCUT2D eigenvalue weighted by Crippen LogP contribution is 2.30. The second kappa shape index (κ2) is 8.16. The summed E-state index contributed by atoms with van der Waals surface area (Å²) in [6.07, 6.45) is 1.73. The van der Waals surface area contributed by atoms with Crippen molar-refractivity contribution in [2.24, 2.45) is 5.10 Å². The van der Waals surface area contributed by atoms with Crippen LogP contribution < -0.4 is 5.43 Å². The molecule has 0 aliphatic rings. The number of hydrogen-bond donors (Lipinski definition) is 1. The highest BCUT2D eigenvalue weighted by Gasteiger charge is 2.14. The monoisotopic (exact) mass is 436 g/mol. The van der Waals surface area contributed by atoms with E-state index in [0.29, 0.717) is 5.69 Å². The number of aryl methyl sites for hydroxylation is 1. The number of rotatable bonds is 5. The molecule has 2 aromatic heterocycles. The van der Waals surface area contributed by atoms with Crippen molar-refractivity contribution in [3.63, 3.8) is 0 Å². The van der Waals surface area contributed by atoms with E-state index >= 15 is 0 Å². The highest BCUT2D eigenvalue weighted by atomic mass is 16.6. The van der Waals surface area contributed by atoms with Gasteiger partial charge in [-0.05, 0) is 32.0 Å². The van der Waals surface area contributed by atoms with E-state index in [1.54, 1.807) is 23.0 Å². The largest absolute Gasteiger partial charge is 0.277 e. The van der Waals surface area contributed by atoms with E-state index in [1.165, 1.54) is 12.1 Å². The van der Waals surface area contributed by atoms with E-state index in [4.69, 9.17) is 4.98 Å². The summed E-state index contributed by atoms with van der Waals surface area (Å²) in [5, 5.41) is 22.2. The fourth-order valence-electron chi connectivity index (χ4n) is 3.95. The number of aromatic nitrogens is 3. The molecule has 0 amide bonds. The number of hydrazone groups is 1. The van der Waals surface area contributed by atoms with Crippen LogP contribution in [0.3, 0.4) is 0 Å². The van der Waals surface area contributed by atoms with Crippen molar-refractivity contribution in [3.8, 4) is 5.69 Å². The predicted molar refractivity (Wildman–Crippen MR) is 130 cm³/mol. The Balaban J connectivity index is 1.52. The summed E-state index contributed by atoms with van der Waals surface area (Å²) < 4.78 is 1.70. The lowest BCUT2D eigenvalue weighted by atomic mass is 10.1. The molecule has 0 saturated heterocycles. The Kier molecular flexibility index (Phi) is 5.02. The molecule has 0 aliphatic heterocycles. The Hall–Kier alpha value is -4.59. The molecule has 8 heteroatoms.